The van der Waals surface area contributed by atoms with E-state index >= 15 is 0 Å². The molecule has 0 aliphatic rings. The molecule has 0 saturated heterocycles. The number of nitrogens with two attached hydrogens (primary N) is 1. The molecular weight excluding hydrogens is 345 g/mol. The summed E-state index contributed by atoms with van der Waals surface area (Å²) >= 11 is 11.8. The summed E-state index contributed by atoms with van der Waals surface area (Å²) in [7, 11) is -1.30. The van der Waals surface area contributed by atoms with E-state index in [0.29, 0.717) is 21.5 Å². The molecule has 4 nitrogen and oxygen atoms in total. The fourth-order valence-electron chi connectivity index (χ4n) is 1.77. The third-order valence-corrected chi connectivity index (χ3v) is 4.32. The smallest absolute Gasteiger partial charge is 0.230 e. The van der Waals surface area contributed by atoms with E-state index in [2.05, 4.69) is 0 Å². The van der Waals surface area contributed by atoms with Gasteiger partial charge in [0.2, 0.25) is 5.91 Å². The molecule has 0 spiro atoms. The van der Waals surface area contributed by atoms with Crippen LogP contribution in [-0.2, 0) is 21.3 Å². The molecule has 1 unspecified atom stereocenters. The Balaban J connectivity index is 2.02. The van der Waals surface area contributed by atoms with Gasteiger partial charge in [-0.25, -0.2) is 0 Å². The van der Waals surface area contributed by atoms with E-state index in [1.807, 2.05) is 0 Å². The fourth-order valence-corrected chi connectivity index (χ4v) is 3.26. The van der Waals surface area contributed by atoms with Gasteiger partial charge in [0.25, 0.3) is 0 Å². The number of halogens is 2. The monoisotopic (exact) mass is 357 g/mol. The molecule has 0 saturated carbocycles. The molecule has 0 fully saturated rings. The van der Waals surface area contributed by atoms with Gasteiger partial charge >= 0.3 is 0 Å². The van der Waals surface area contributed by atoms with E-state index in [-0.39, 0.29) is 11.5 Å². The minimum absolute atomic E-state index is 0.140. The van der Waals surface area contributed by atoms with Crippen molar-refractivity contribution in [3.8, 4) is 11.5 Å². The lowest BCUT2D eigenvalue weighted by atomic mass is 10.2. The van der Waals surface area contributed by atoms with Crippen LogP contribution < -0.4 is 10.5 Å². The molecule has 0 aromatic heterocycles. The van der Waals surface area contributed by atoms with Crippen molar-refractivity contribution in [1.82, 2.24) is 0 Å². The zero-order valence-electron chi connectivity index (χ0n) is 11.4. The predicted molar refractivity (Wildman–Crippen MR) is 88.9 cm³/mol. The Labute approximate surface area is 140 Å². The first-order chi connectivity index (χ1) is 10.4. The van der Waals surface area contributed by atoms with Crippen molar-refractivity contribution < 1.29 is 13.7 Å². The van der Waals surface area contributed by atoms with Crippen molar-refractivity contribution in [2.24, 2.45) is 5.73 Å². The number of benzene rings is 2. The largest absolute Gasteiger partial charge is 0.457 e. The van der Waals surface area contributed by atoms with E-state index < -0.39 is 16.7 Å². The number of hydrogen-bond acceptors (Lipinski definition) is 3. The number of ether oxygens (including phenoxy) is 1. The van der Waals surface area contributed by atoms with Gasteiger partial charge in [0.05, 0.1) is 0 Å². The Kier molecular flexibility index (Phi) is 5.83. The van der Waals surface area contributed by atoms with Crippen LogP contribution in [-0.4, -0.2) is 15.9 Å². The third-order valence-electron chi connectivity index (χ3n) is 2.63. The molecule has 0 radical (unpaired) electrons. The number of primary amides is 1. The highest BCUT2D eigenvalue weighted by atomic mass is 35.5. The van der Waals surface area contributed by atoms with Crippen molar-refractivity contribution in [2.75, 3.05) is 5.75 Å². The van der Waals surface area contributed by atoms with Crippen LogP contribution in [0.4, 0.5) is 0 Å². The van der Waals surface area contributed by atoms with Gasteiger partial charge in [0.15, 0.2) is 0 Å². The lowest BCUT2D eigenvalue weighted by molar-refractivity contribution is -0.115. The van der Waals surface area contributed by atoms with Crippen molar-refractivity contribution in [2.45, 2.75) is 5.75 Å². The Hall–Kier alpha value is -1.56. The first-order valence-electron chi connectivity index (χ1n) is 6.28. The molecule has 0 aliphatic carbocycles. The van der Waals surface area contributed by atoms with Crippen LogP contribution in [0.1, 0.15) is 5.56 Å². The minimum Gasteiger partial charge on any atom is -0.457 e. The summed E-state index contributed by atoms with van der Waals surface area (Å²) in [5, 5.41) is 0.974. The molecule has 2 N–H and O–H groups in total. The molecule has 2 aromatic carbocycles. The summed E-state index contributed by atoms with van der Waals surface area (Å²) in [5.41, 5.74) is 5.84. The maximum atomic E-state index is 11.6. The molecule has 2 aromatic rings. The molecule has 2 rings (SSSR count). The number of amides is 1. The van der Waals surface area contributed by atoms with Crippen LogP contribution in [0.2, 0.25) is 10.0 Å². The third kappa shape index (κ3) is 5.33. The second kappa shape index (κ2) is 7.63. The van der Waals surface area contributed by atoms with E-state index in [4.69, 9.17) is 33.7 Å². The van der Waals surface area contributed by atoms with Gasteiger partial charge in [-0.05, 0) is 35.9 Å². The first kappa shape index (κ1) is 16.8. The zero-order valence-corrected chi connectivity index (χ0v) is 13.8. The molecule has 7 heteroatoms. The van der Waals surface area contributed by atoms with Gasteiger partial charge in [0, 0.05) is 26.6 Å². The molecule has 116 valence electrons. The second-order valence-corrected chi connectivity index (χ2v) is 6.88. The summed E-state index contributed by atoms with van der Waals surface area (Å²) in [6.45, 7) is 0. The number of carbonyl (C=O) groups excluding carboxylic acids is 1. The number of rotatable bonds is 6. The first-order valence-corrected chi connectivity index (χ1v) is 8.53. The quantitative estimate of drug-likeness (QED) is 0.859. The molecule has 0 heterocycles. The maximum Gasteiger partial charge on any atom is 0.230 e. The van der Waals surface area contributed by atoms with E-state index in [1.54, 1.807) is 42.5 Å². The summed E-state index contributed by atoms with van der Waals surface area (Å²) < 4.78 is 17.3. The maximum absolute atomic E-state index is 11.6. The van der Waals surface area contributed by atoms with E-state index in [0.717, 1.165) is 5.56 Å². The summed E-state index contributed by atoms with van der Waals surface area (Å²) in [6, 6.07) is 12.0. The zero-order chi connectivity index (χ0) is 16.1. The number of carbonyl (C=O) groups is 1. The molecule has 0 aliphatic heterocycles. The topological polar surface area (TPSA) is 69.4 Å². The van der Waals surface area contributed by atoms with Crippen LogP contribution >= 0.6 is 23.2 Å². The highest BCUT2D eigenvalue weighted by Gasteiger charge is 2.06. The van der Waals surface area contributed by atoms with Crippen molar-refractivity contribution in [3.05, 3.63) is 58.1 Å². The molecule has 0 bridgehead atoms. The van der Waals surface area contributed by atoms with Gasteiger partial charge in [0.1, 0.15) is 17.3 Å². The van der Waals surface area contributed by atoms with Gasteiger partial charge in [-0.2, -0.15) is 0 Å². The molecule has 1 atom stereocenters. The van der Waals surface area contributed by atoms with Crippen LogP contribution in [0, 0.1) is 0 Å². The Morgan fingerprint density at radius 1 is 1.05 bits per heavy atom. The molecule has 1 amide bonds. The van der Waals surface area contributed by atoms with Crippen molar-refractivity contribution >= 4 is 39.9 Å². The summed E-state index contributed by atoms with van der Waals surface area (Å²) in [6.07, 6.45) is 0. The molecular formula is C15H13Cl2NO3S. The van der Waals surface area contributed by atoms with E-state index in [1.165, 1.54) is 0 Å². The second-order valence-electron chi connectivity index (χ2n) is 4.55. The highest BCUT2D eigenvalue weighted by Crippen LogP contribution is 2.28. The van der Waals surface area contributed by atoms with Gasteiger partial charge < -0.3 is 10.5 Å². The Bertz CT molecular complexity index is 684. The highest BCUT2D eigenvalue weighted by molar-refractivity contribution is 7.84. The standard InChI is InChI=1S/C15H13Cl2NO3S/c16-11-5-12(17)7-14(6-11)21-13-3-1-10(2-4-13)8-22(20)9-15(18)19/h1-7H,8-9H2,(H2,18,19). The van der Waals surface area contributed by atoms with Crippen LogP contribution in [0.25, 0.3) is 0 Å². The van der Waals surface area contributed by atoms with Crippen molar-refractivity contribution in [3.63, 3.8) is 0 Å². The normalized spacial score (nSPS) is 11.9. The lowest BCUT2D eigenvalue weighted by Crippen LogP contribution is -2.20. The van der Waals surface area contributed by atoms with E-state index in [9.17, 15) is 9.00 Å². The van der Waals surface area contributed by atoms with Crippen LogP contribution in [0.5, 0.6) is 11.5 Å². The fraction of sp³-hybridized carbons (Fsp3) is 0.133. The number of hydrogen-bond donors (Lipinski definition) is 1. The average Bonchev–Trinajstić information content (AvgIpc) is 2.39. The van der Waals surface area contributed by atoms with Gasteiger partial charge in [-0.3, -0.25) is 9.00 Å². The summed E-state index contributed by atoms with van der Waals surface area (Å²) in [4.78, 5) is 10.7. The Morgan fingerprint density at radius 2 is 1.64 bits per heavy atom. The predicted octanol–water partition coefficient (Wildman–Crippen LogP) is 3.52. The average molecular weight is 358 g/mol. The van der Waals surface area contributed by atoms with Crippen molar-refractivity contribution in [1.29, 1.82) is 0 Å². The molecule has 22 heavy (non-hydrogen) atoms. The van der Waals surface area contributed by atoms with Crippen LogP contribution in [0.15, 0.2) is 42.5 Å². The SMILES string of the molecule is NC(=O)CS(=O)Cc1ccc(Oc2cc(Cl)cc(Cl)c2)cc1. The minimum atomic E-state index is -1.30. The van der Waals surface area contributed by atoms with Gasteiger partial charge in [-0.1, -0.05) is 35.3 Å². The van der Waals surface area contributed by atoms with Crippen LogP contribution in [0.3, 0.4) is 0 Å². The summed E-state index contributed by atoms with van der Waals surface area (Å²) in [5.74, 6) is 0.687. The Morgan fingerprint density at radius 3 is 2.18 bits per heavy atom. The lowest BCUT2D eigenvalue weighted by Gasteiger charge is -2.08. The van der Waals surface area contributed by atoms with Gasteiger partial charge in [-0.15, -0.1) is 0 Å².